The van der Waals surface area contributed by atoms with E-state index in [-0.39, 0.29) is 19.1 Å². The molecule has 3 rings (SSSR count). The third-order valence-corrected chi connectivity index (χ3v) is 3.95. The molecule has 134 valence electrons. The highest BCUT2D eigenvalue weighted by molar-refractivity contribution is 5.99. The highest BCUT2D eigenvalue weighted by Crippen LogP contribution is 2.25. The smallest absolute Gasteiger partial charge is 0.255 e. The highest BCUT2D eigenvalue weighted by Gasteiger charge is 2.18. The van der Waals surface area contributed by atoms with Gasteiger partial charge in [0, 0.05) is 18.3 Å². The lowest BCUT2D eigenvalue weighted by molar-refractivity contribution is 0.0945. The number of aliphatic hydroxyl groups excluding tert-OH is 1. The van der Waals surface area contributed by atoms with Gasteiger partial charge in [-0.15, -0.1) is 0 Å². The van der Waals surface area contributed by atoms with Crippen LogP contribution in [0.25, 0.3) is 11.3 Å². The van der Waals surface area contributed by atoms with Crippen LogP contribution in [0, 0.1) is 0 Å². The molecular formula is C20H21N3O3. The second-order valence-electron chi connectivity index (χ2n) is 5.78. The van der Waals surface area contributed by atoms with Gasteiger partial charge < -0.3 is 15.2 Å². The molecule has 2 N–H and O–H groups in total. The quantitative estimate of drug-likeness (QED) is 0.685. The van der Waals surface area contributed by atoms with Gasteiger partial charge in [-0.1, -0.05) is 30.3 Å². The minimum Gasteiger partial charge on any atom is -0.497 e. The maximum atomic E-state index is 12.5. The number of aromatic nitrogens is 2. The van der Waals surface area contributed by atoms with Crippen LogP contribution in [0.1, 0.15) is 15.9 Å². The number of amides is 1. The number of hydrogen-bond acceptors (Lipinski definition) is 4. The summed E-state index contributed by atoms with van der Waals surface area (Å²) >= 11 is 0. The minimum atomic E-state index is -0.260. The number of methoxy groups -OCH3 is 1. The Hall–Kier alpha value is -3.12. The molecule has 0 bridgehead atoms. The first-order valence-electron chi connectivity index (χ1n) is 8.36. The average molecular weight is 351 g/mol. The topological polar surface area (TPSA) is 76.4 Å². The van der Waals surface area contributed by atoms with Crippen LogP contribution in [0.15, 0.2) is 60.8 Å². The van der Waals surface area contributed by atoms with Crippen molar-refractivity contribution in [3.63, 3.8) is 0 Å². The van der Waals surface area contributed by atoms with Crippen LogP contribution in [0.3, 0.4) is 0 Å². The van der Waals surface area contributed by atoms with Crippen molar-refractivity contribution in [2.45, 2.75) is 6.54 Å². The lowest BCUT2D eigenvalue weighted by atomic mass is 10.1. The number of carbonyl (C=O) groups is 1. The molecule has 2 aromatic carbocycles. The molecule has 0 atom stereocenters. The van der Waals surface area contributed by atoms with E-state index in [2.05, 4.69) is 10.4 Å². The molecule has 1 amide bonds. The van der Waals surface area contributed by atoms with Gasteiger partial charge in [0.15, 0.2) is 0 Å². The van der Waals surface area contributed by atoms with Crippen molar-refractivity contribution >= 4 is 5.91 Å². The Bertz CT molecular complexity index is 858. The molecule has 0 spiro atoms. The zero-order valence-corrected chi connectivity index (χ0v) is 14.6. The van der Waals surface area contributed by atoms with Crippen LogP contribution in [0.5, 0.6) is 5.75 Å². The monoisotopic (exact) mass is 351 g/mol. The number of benzene rings is 2. The van der Waals surface area contributed by atoms with Crippen LogP contribution < -0.4 is 10.1 Å². The van der Waals surface area contributed by atoms with Crippen molar-refractivity contribution in [2.24, 2.45) is 0 Å². The fourth-order valence-corrected chi connectivity index (χ4v) is 2.67. The van der Waals surface area contributed by atoms with Gasteiger partial charge in [-0.3, -0.25) is 9.48 Å². The molecular weight excluding hydrogens is 330 g/mol. The first-order valence-corrected chi connectivity index (χ1v) is 8.36. The number of carbonyl (C=O) groups excluding carboxylic acids is 1. The molecule has 1 heterocycles. The van der Waals surface area contributed by atoms with Crippen molar-refractivity contribution in [3.05, 3.63) is 71.9 Å². The fourth-order valence-electron chi connectivity index (χ4n) is 2.67. The summed E-state index contributed by atoms with van der Waals surface area (Å²) in [7, 11) is 1.61. The summed E-state index contributed by atoms with van der Waals surface area (Å²) in [6.07, 6.45) is 1.74. The predicted molar refractivity (Wildman–Crippen MR) is 99.2 cm³/mol. The summed E-state index contributed by atoms with van der Waals surface area (Å²) in [6.45, 7) is 0.657. The fraction of sp³-hybridized carbons (Fsp3) is 0.200. The molecule has 0 aliphatic carbocycles. The van der Waals surface area contributed by atoms with Crippen molar-refractivity contribution in [3.8, 4) is 17.0 Å². The number of rotatable bonds is 7. The van der Waals surface area contributed by atoms with Gasteiger partial charge in [-0.25, -0.2) is 0 Å². The Morgan fingerprint density at radius 3 is 2.54 bits per heavy atom. The Morgan fingerprint density at radius 2 is 1.88 bits per heavy atom. The van der Waals surface area contributed by atoms with E-state index in [4.69, 9.17) is 9.84 Å². The van der Waals surface area contributed by atoms with Crippen molar-refractivity contribution in [1.29, 1.82) is 0 Å². The van der Waals surface area contributed by atoms with E-state index >= 15 is 0 Å². The molecule has 1 aromatic heterocycles. The zero-order chi connectivity index (χ0) is 18.4. The number of nitrogens with one attached hydrogen (secondary N) is 1. The molecule has 0 saturated carbocycles. The van der Waals surface area contributed by atoms with E-state index in [0.29, 0.717) is 17.8 Å². The van der Waals surface area contributed by atoms with Gasteiger partial charge in [0.05, 0.1) is 25.8 Å². The molecule has 0 fully saturated rings. The molecule has 0 radical (unpaired) electrons. The maximum absolute atomic E-state index is 12.5. The Labute approximate surface area is 152 Å². The van der Waals surface area contributed by atoms with E-state index in [9.17, 15) is 4.79 Å². The summed E-state index contributed by atoms with van der Waals surface area (Å²) in [6, 6.07) is 17.3. The summed E-state index contributed by atoms with van der Waals surface area (Å²) in [5.74, 6) is 0.480. The van der Waals surface area contributed by atoms with Crippen molar-refractivity contribution in [1.82, 2.24) is 15.1 Å². The van der Waals surface area contributed by atoms with Crippen LogP contribution >= 0.6 is 0 Å². The SMILES string of the molecule is COc1ccc(-c2nn(Cc3ccccc3)cc2C(=O)NCCO)cc1. The Kier molecular flexibility index (Phi) is 5.66. The molecule has 6 heteroatoms. The molecule has 6 nitrogen and oxygen atoms in total. The van der Waals surface area contributed by atoms with Crippen LogP contribution in [-0.2, 0) is 6.54 Å². The zero-order valence-electron chi connectivity index (χ0n) is 14.6. The third-order valence-electron chi connectivity index (χ3n) is 3.95. The van der Waals surface area contributed by atoms with Gasteiger partial charge in [0.2, 0.25) is 0 Å². The first kappa shape index (κ1) is 17.7. The number of hydrogen-bond donors (Lipinski definition) is 2. The molecule has 0 aliphatic rings. The lowest BCUT2D eigenvalue weighted by Gasteiger charge is -2.05. The minimum absolute atomic E-state index is 0.109. The van der Waals surface area contributed by atoms with Gasteiger partial charge in [-0.05, 0) is 29.8 Å². The van der Waals surface area contributed by atoms with E-state index in [1.165, 1.54) is 0 Å². The summed E-state index contributed by atoms with van der Waals surface area (Å²) < 4.78 is 6.94. The second kappa shape index (κ2) is 8.31. The Balaban J connectivity index is 1.95. The van der Waals surface area contributed by atoms with Crippen molar-refractivity contribution < 1.29 is 14.6 Å². The maximum Gasteiger partial charge on any atom is 0.255 e. The lowest BCUT2D eigenvalue weighted by Crippen LogP contribution is -2.26. The van der Waals surface area contributed by atoms with Crippen LogP contribution in [-0.4, -0.2) is 41.1 Å². The second-order valence-corrected chi connectivity index (χ2v) is 5.78. The normalized spacial score (nSPS) is 10.5. The van der Waals surface area contributed by atoms with Gasteiger partial charge >= 0.3 is 0 Å². The van der Waals surface area contributed by atoms with E-state index in [1.807, 2.05) is 54.6 Å². The summed E-state index contributed by atoms with van der Waals surface area (Å²) in [5, 5.41) is 16.3. The Morgan fingerprint density at radius 1 is 1.15 bits per heavy atom. The number of nitrogens with zero attached hydrogens (tertiary/aromatic N) is 2. The number of aliphatic hydroxyl groups is 1. The average Bonchev–Trinajstić information content (AvgIpc) is 3.11. The third kappa shape index (κ3) is 4.10. The summed E-state index contributed by atoms with van der Waals surface area (Å²) in [5.41, 5.74) is 2.99. The molecule has 3 aromatic rings. The van der Waals surface area contributed by atoms with E-state index < -0.39 is 0 Å². The standard InChI is InChI=1S/C20H21N3O3/c1-26-17-9-7-16(8-10-17)19-18(20(25)21-11-12-24)14-23(22-19)13-15-5-3-2-4-6-15/h2-10,14,24H,11-13H2,1H3,(H,21,25). The first-order chi connectivity index (χ1) is 12.7. The summed E-state index contributed by atoms with van der Waals surface area (Å²) in [4.78, 5) is 12.5. The number of ether oxygens (including phenoxy) is 1. The molecule has 0 aliphatic heterocycles. The van der Waals surface area contributed by atoms with Crippen LogP contribution in [0.4, 0.5) is 0 Å². The largest absolute Gasteiger partial charge is 0.497 e. The predicted octanol–water partition coefficient (Wildman–Crippen LogP) is 2.33. The molecule has 26 heavy (non-hydrogen) atoms. The van der Waals surface area contributed by atoms with Crippen LogP contribution in [0.2, 0.25) is 0 Å². The van der Waals surface area contributed by atoms with E-state index in [1.54, 1.807) is 18.0 Å². The molecule has 0 unspecified atom stereocenters. The highest BCUT2D eigenvalue weighted by atomic mass is 16.5. The van der Waals surface area contributed by atoms with Gasteiger partial charge in [0.1, 0.15) is 11.4 Å². The van der Waals surface area contributed by atoms with E-state index in [0.717, 1.165) is 16.9 Å². The van der Waals surface area contributed by atoms with Gasteiger partial charge in [0.25, 0.3) is 5.91 Å². The molecule has 0 saturated heterocycles. The van der Waals surface area contributed by atoms with Gasteiger partial charge in [-0.2, -0.15) is 5.10 Å². The van der Waals surface area contributed by atoms with Crippen molar-refractivity contribution in [2.75, 3.05) is 20.3 Å².